The first kappa shape index (κ1) is 15.0. The second-order valence-electron chi connectivity index (χ2n) is 6.21. The van der Waals surface area contributed by atoms with E-state index in [1.807, 2.05) is 23.1 Å². The minimum atomic E-state index is -0.360. The lowest BCUT2D eigenvalue weighted by Crippen LogP contribution is -2.43. The van der Waals surface area contributed by atoms with Gasteiger partial charge in [0.05, 0.1) is 6.04 Å². The lowest BCUT2D eigenvalue weighted by molar-refractivity contribution is -0.131. The largest absolute Gasteiger partial charge is 0.341 e. The van der Waals surface area contributed by atoms with Gasteiger partial charge in [0.1, 0.15) is 0 Å². The third kappa shape index (κ3) is 3.83. The minimum absolute atomic E-state index is 0.129. The van der Waals surface area contributed by atoms with Crippen molar-refractivity contribution in [3.05, 3.63) is 35.9 Å². The highest BCUT2D eigenvalue weighted by atomic mass is 16.2. The van der Waals surface area contributed by atoms with Crippen molar-refractivity contribution >= 4 is 5.91 Å². The number of likely N-dealkylation sites (tertiary alicyclic amines) is 1. The molecule has 1 aliphatic rings. The number of hydrogen-bond donors (Lipinski definition) is 1. The molecule has 0 saturated carbocycles. The summed E-state index contributed by atoms with van der Waals surface area (Å²) in [6.07, 6.45) is 2.72. The zero-order valence-electron chi connectivity index (χ0n) is 12.6. The van der Waals surface area contributed by atoms with E-state index in [0.717, 1.165) is 32.4 Å². The van der Waals surface area contributed by atoms with E-state index in [-0.39, 0.29) is 11.9 Å². The zero-order valence-corrected chi connectivity index (χ0v) is 12.6. The van der Waals surface area contributed by atoms with Crippen molar-refractivity contribution in [2.75, 3.05) is 13.1 Å². The van der Waals surface area contributed by atoms with Crippen LogP contribution in [-0.2, 0) is 11.2 Å². The predicted octanol–water partition coefficient (Wildman–Crippen LogP) is 2.45. The van der Waals surface area contributed by atoms with E-state index in [1.165, 1.54) is 5.56 Å². The van der Waals surface area contributed by atoms with Crippen LogP contribution in [0.25, 0.3) is 0 Å². The van der Waals surface area contributed by atoms with Crippen molar-refractivity contribution < 1.29 is 4.79 Å². The summed E-state index contributed by atoms with van der Waals surface area (Å²) in [5, 5.41) is 0. The molecule has 3 heteroatoms. The molecule has 1 fully saturated rings. The fourth-order valence-electron chi connectivity index (χ4n) is 2.86. The minimum Gasteiger partial charge on any atom is -0.341 e. The normalized spacial score (nSPS) is 20.4. The maximum Gasteiger partial charge on any atom is 0.239 e. The smallest absolute Gasteiger partial charge is 0.239 e. The van der Waals surface area contributed by atoms with Gasteiger partial charge in [0.2, 0.25) is 5.91 Å². The van der Waals surface area contributed by atoms with E-state index in [2.05, 4.69) is 26.0 Å². The molecule has 1 aromatic rings. The van der Waals surface area contributed by atoms with Gasteiger partial charge in [0.15, 0.2) is 0 Å². The Balaban J connectivity index is 1.81. The molecule has 1 amide bonds. The van der Waals surface area contributed by atoms with Crippen LogP contribution in [0.1, 0.15) is 32.3 Å². The number of nitrogens with zero attached hydrogens (tertiary/aromatic N) is 1. The molecule has 110 valence electrons. The molecule has 0 bridgehead atoms. The van der Waals surface area contributed by atoms with Crippen molar-refractivity contribution in [2.24, 2.45) is 17.6 Å². The van der Waals surface area contributed by atoms with E-state index < -0.39 is 0 Å². The fraction of sp³-hybridized carbons (Fsp3) is 0.588. The molecule has 1 aliphatic heterocycles. The average Bonchev–Trinajstić information content (AvgIpc) is 2.95. The molecule has 0 radical (unpaired) electrons. The van der Waals surface area contributed by atoms with Crippen LogP contribution >= 0.6 is 0 Å². The van der Waals surface area contributed by atoms with Gasteiger partial charge in [-0.05, 0) is 36.7 Å². The molecule has 1 saturated heterocycles. The maximum atomic E-state index is 12.3. The molecule has 0 spiro atoms. The van der Waals surface area contributed by atoms with Crippen molar-refractivity contribution in [3.8, 4) is 0 Å². The topological polar surface area (TPSA) is 46.3 Å². The Kier molecular flexibility index (Phi) is 5.18. The first-order valence-corrected chi connectivity index (χ1v) is 7.66. The van der Waals surface area contributed by atoms with Crippen LogP contribution in [0.4, 0.5) is 0 Å². The number of hydrogen-bond acceptors (Lipinski definition) is 2. The van der Waals surface area contributed by atoms with Gasteiger partial charge >= 0.3 is 0 Å². The van der Waals surface area contributed by atoms with Crippen LogP contribution in [0.2, 0.25) is 0 Å². The number of aryl methyl sites for hydroxylation is 1. The summed E-state index contributed by atoms with van der Waals surface area (Å²) >= 11 is 0. The van der Waals surface area contributed by atoms with Gasteiger partial charge in [-0.2, -0.15) is 0 Å². The first-order chi connectivity index (χ1) is 9.58. The van der Waals surface area contributed by atoms with Crippen LogP contribution in [0.3, 0.4) is 0 Å². The molecule has 3 nitrogen and oxygen atoms in total. The highest BCUT2D eigenvalue weighted by Gasteiger charge is 2.30. The Bertz CT molecular complexity index is 430. The second kappa shape index (κ2) is 6.89. The third-order valence-electron chi connectivity index (χ3n) is 4.38. The maximum absolute atomic E-state index is 12.3. The Labute approximate surface area is 122 Å². The summed E-state index contributed by atoms with van der Waals surface area (Å²) in [6.45, 7) is 6.22. The van der Waals surface area contributed by atoms with Crippen molar-refractivity contribution in [2.45, 2.75) is 39.2 Å². The predicted molar refractivity (Wildman–Crippen MR) is 82.3 cm³/mol. The van der Waals surface area contributed by atoms with Crippen molar-refractivity contribution in [1.82, 2.24) is 4.90 Å². The molecule has 2 rings (SSSR count). The van der Waals surface area contributed by atoms with Gasteiger partial charge in [-0.15, -0.1) is 0 Å². The highest BCUT2D eigenvalue weighted by molar-refractivity contribution is 5.81. The summed E-state index contributed by atoms with van der Waals surface area (Å²) in [4.78, 5) is 14.3. The molecule has 2 atom stereocenters. The van der Waals surface area contributed by atoms with Crippen molar-refractivity contribution in [1.29, 1.82) is 0 Å². The number of carbonyl (C=O) groups is 1. The average molecular weight is 274 g/mol. The van der Waals surface area contributed by atoms with Crippen LogP contribution in [-0.4, -0.2) is 29.9 Å². The van der Waals surface area contributed by atoms with E-state index in [4.69, 9.17) is 5.73 Å². The van der Waals surface area contributed by atoms with Crippen LogP contribution in [0.5, 0.6) is 0 Å². The van der Waals surface area contributed by atoms with Gasteiger partial charge in [0.25, 0.3) is 0 Å². The summed E-state index contributed by atoms with van der Waals surface area (Å²) < 4.78 is 0. The Morgan fingerprint density at radius 1 is 1.35 bits per heavy atom. The van der Waals surface area contributed by atoms with E-state index in [1.54, 1.807) is 0 Å². The Morgan fingerprint density at radius 3 is 2.65 bits per heavy atom. The van der Waals surface area contributed by atoms with Crippen molar-refractivity contribution in [3.63, 3.8) is 0 Å². The van der Waals surface area contributed by atoms with Crippen LogP contribution in [0, 0.1) is 11.8 Å². The second-order valence-corrected chi connectivity index (χ2v) is 6.21. The van der Waals surface area contributed by atoms with Crippen LogP contribution in [0.15, 0.2) is 30.3 Å². The summed E-state index contributed by atoms with van der Waals surface area (Å²) in [7, 11) is 0. The number of benzene rings is 1. The molecular formula is C17H26N2O. The highest BCUT2D eigenvalue weighted by Crippen LogP contribution is 2.24. The van der Waals surface area contributed by atoms with E-state index in [9.17, 15) is 4.79 Å². The summed E-state index contributed by atoms with van der Waals surface area (Å²) in [5.74, 6) is 1.41. The monoisotopic (exact) mass is 274 g/mol. The van der Waals surface area contributed by atoms with Gasteiger partial charge in [-0.3, -0.25) is 4.79 Å². The fourth-order valence-corrected chi connectivity index (χ4v) is 2.86. The number of rotatable bonds is 5. The quantitative estimate of drug-likeness (QED) is 0.896. The molecule has 1 aromatic carbocycles. The van der Waals surface area contributed by atoms with Gasteiger partial charge in [0, 0.05) is 13.1 Å². The number of amides is 1. The van der Waals surface area contributed by atoms with Crippen LogP contribution < -0.4 is 5.73 Å². The molecule has 1 unspecified atom stereocenters. The van der Waals surface area contributed by atoms with E-state index >= 15 is 0 Å². The molecule has 0 aromatic heterocycles. The Morgan fingerprint density at radius 2 is 2.05 bits per heavy atom. The molecule has 2 N–H and O–H groups in total. The summed E-state index contributed by atoms with van der Waals surface area (Å²) in [5.41, 5.74) is 7.32. The Hall–Kier alpha value is -1.35. The molecule has 1 heterocycles. The number of carbonyl (C=O) groups excluding carboxylic acids is 1. The SMILES string of the molecule is CC(C)C1CCN(C(=O)[C@@H](N)CCc2ccccc2)C1. The molecule has 20 heavy (non-hydrogen) atoms. The summed E-state index contributed by atoms with van der Waals surface area (Å²) in [6, 6.07) is 9.86. The molecule has 0 aliphatic carbocycles. The van der Waals surface area contributed by atoms with Gasteiger partial charge < -0.3 is 10.6 Å². The lowest BCUT2D eigenvalue weighted by atomic mass is 9.95. The first-order valence-electron chi connectivity index (χ1n) is 7.66. The standard InChI is InChI=1S/C17H26N2O/c1-13(2)15-10-11-19(12-15)17(20)16(18)9-8-14-6-4-3-5-7-14/h3-7,13,15-16H,8-12,18H2,1-2H3/t15?,16-/m0/s1. The van der Waals surface area contributed by atoms with Gasteiger partial charge in [-0.1, -0.05) is 44.2 Å². The van der Waals surface area contributed by atoms with E-state index in [0.29, 0.717) is 11.8 Å². The third-order valence-corrected chi connectivity index (χ3v) is 4.38. The van der Waals surface area contributed by atoms with Gasteiger partial charge in [-0.25, -0.2) is 0 Å². The molecular weight excluding hydrogens is 248 g/mol. The lowest BCUT2D eigenvalue weighted by Gasteiger charge is -2.21. The number of nitrogens with two attached hydrogens (primary N) is 1. The zero-order chi connectivity index (χ0) is 14.5.